The topological polar surface area (TPSA) is 112 Å². The molecule has 1 N–H and O–H groups in total. The number of carbonyl (C=O) groups is 3. The highest BCUT2D eigenvalue weighted by atomic mass is 16.6. The molecule has 0 spiro atoms. The van der Waals surface area contributed by atoms with E-state index in [2.05, 4.69) is 11.1 Å². The summed E-state index contributed by atoms with van der Waals surface area (Å²) in [6, 6.07) is 3.24. The van der Waals surface area contributed by atoms with Gasteiger partial charge >= 0.3 is 17.9 Å². The van der Waals surface area contributed by atoms with Gasteiger partial charge in [0.1, 0.15) is 12.2 Å². The normalized spacial score (nSPS) is 35.9. The SMILES string of the molecule is CC(=O)O[C@H]1[C@H](OC(=O)c2cccnc2)[C@@]2(C)C(C)=CCC[C@@H]2[C@@](C)(/C=C/C2=CC(=O)OC2)[C@@]1(C)O. The van der Waals surface area contributed by atoms with Crippen molar-refractivity contribution in [3.05, 3.63) is 65.5 Å². The average Bonchev–Trinajstić information content (AvgIpc) is 3.26. The van der Waals surface area contributed by atoms with E-state index in [0.717, 1.165) is 12.0 Å². The fourth-order valence-electron chi connectivity index (χ4n) is 6.13. The molecule has 0 bridgehead atoms. The van der Waals surface area contributed by atoms with Crippen LogP contribution >= 0.6 is 0 Å². The van der Waals surface area contributed by atoms with Crippen molar-refractivity contribution in [2.45, 2.75) is 65.3 Å². The number of hydrogen-bond acceptors (Lipinski definition) is 8. The van der Waals surface area contributed by atoms with Crippen LogP contribution in [0.4, 0.5) is 0 Å². The van der Waals surface area contributed by atoms with E-state index < -0.39 is 46.5 Å². The van der Waals surface area contributed by atoms with Crippen LogP contribution in [0.2, 0.25) is 0 Å². The molecule has 1 fully saturated rings. The molecule has 3 aliphatic rings. The van der Waals surface area contributed by atoms with Gasteiger partial charge in [0, 0.05) is 36.2 Å². The molecule has 1 saturated carbocycles. The number of aliphatic hydroxyl groups is 1. The Bertz CT molecular complexity index is 1150. The van der Waals surface area contributed by atoms with Gasteiger partial charge in [0.2, 0.25) is 0 Å². The molecule has 192 valence electrons. The zero-order valence-corrected chi connectivity index (χ0v) is 21.3. The summed E-state index contributed by atoms with van der Waals surface area (Å²) in [5.74, 6) is -1.79. The summed E-state index contributed by atoms with van der Waals surface area (Å²) in [5, 5.41) is 12.2. The maximum atomic E-state index is 13.2. The van der Waals surface area contributed by atoms with Crippen molar-refractivity contribution in [2.24, 2.45) is 16.7 Å². The molecule has 0 unspecified atom stereocenters. The minimum Gasteiger partial charge on any atom is -0.458 e. The van der Waals surface area contributed by atoms with Gasteiger partial charge in [-0.1, -0.05) is 37.6 Å². The number of fused-ring (bicyclic) bond motifs is 1. The summed E-state index contributed by atoms with van der Waals surface area (Å²) in [7, 11) is 0. The molecule has 8 nitrogen and oxygen atoms in total. The summed E-state index contributed by atoms with van der Waals surface area (Å²) in [6.45, 7) is 8.97. The van der Waals surface area contributed by atoms with Crippen LogP contribution in [0, 0.1) is 16.7 Å². The average molecular weight is 496 g/mol. The smallest absolute Gasteiger partial charge is 0.340 e. The lowest BCUT2D eigenvalue weighted by atomic mass is 9.44. The largest absolute Gasteiger partial charge is 0.458 e. The number of allylic oxidation sites excluding steroid dienone is 1. The molecule has 2 aliphatic carbocycles. The van der Waals surface area contributed by atoms with Gasteiger partial charge in [-0.2, -0.15) is 0 Å². The molecule has 0 amide bonds. The highest BCUT2D eigenvalue weighted by Gasteiger charge is 2.69. The Morgan fingerprint density at radius 2 is 1.97 bits per heavy atom. The van der Waals surface area contributed by atoms with Gasteiger partial charge in [-0.3, -0.25) is 9.78 Å². The van der Waals surface area contributed by atoms with E-state index in [4.69, 9.17) is 14.2 Å². The third-order valence-corrected chi connectivity index (χ3v) is 8.47. The molecule has 0 aromatic carbocycles. The second-order valence-corrected chi connectivity index (χ2v) is 10.5. The third kappa shape index (κ3) is 4.17. The van der Waals surface area contributed by atoms with E-state index in [9.17, 15) is 19.5 Å². The Morgan fingerprint density at radius 1 is 1.22 bits per heavy atom. The zero-order valence-electron chi connectivity index (χ0n) is 21.3. The van der Waals surface area contributed by atoms with Crippen molar-refractivity contribution in [2.75, 3.05) is 6.61 Å². The summed E-state index contributed by atoms with van der Waals surface area (Å²) >= 11 is 0. The fraction of sp³-hybridized carbons (Fsp3) is 0.500. The molecule has 0 radical (unpaired) electrons. The molecule has 36 heavy (non-hydrogen) atoms. The Morgan fingerprint density at radius 3 is 2.58 bits per heavy atom. The van der Waals surface area contributed by atoms with Crippen LogP contribution < -0.4 is 0 Å². The van der Waals surface area contributed by atoms with Crippen LogP contribution in [0.25, 0.3) is 0 Å². The number of rotatable bonds is 5. The molecule has 1 aromatic rings. The molecular formula is C28H33NO7. The maximum Gasteiger partial charge on any atom is 0.340 e. The lowest BCUT2D eigenvalue weighted by Gasteiger charge is -2.64. The van der Waals surface area contributed by atoms with Crippen molar-refractivity contribution in [1.82, 2.24) is 4.98 Å². The molecule has 8 heteroatoms. The minimum atomic E-state index is -1.62. The Hall–Kier alpha value is -3.26. The third-order valence-electron chi connectivity index (χ3n) is 8.47. The number of ether oxygens (including phenoxy) is 3. The predicted molar refractivity (Wildman–Crippen MR) is 130 cm³/mol. The van der Waals surface area contributed by atoms with Crippen LogP contribution in [0.5, 0.6) is 0 Å². The van der Waals surface area contributed by atoms with Crippen molar-refractivity contribution in [3.63, 3.8) is 0 Å². The summed E-state index contributed by atoms with van der Waals surface area (Å²) in [4.78, 5) is 41.1. The highest BCUT2D eigenvalue weighted by molar-refractivity contribution is 5.89. The van der Waals surface area contributed by atoms with Crippen LogP contribution in [0.3, 0.4) is 0 Å². The minimum absolute atomic E-state index is 0.160. The van der Waals surface area contributed by atoms with E-state index in [1.165, 1.54) is 19.2 Å². The Labute approximate surface area is 211 Å². The lowest BCUT2D eigenvalue weighted by Crippen LogP contribution is -2.72. The van der Waals surface area contributed by atoms with Gasteiger partial charge in [-0.15, -0.1) is 0 Å². The van der Waals surface area contributed by atoms with Gasteiger partial charge in [-0.05, 0) is 50.3 Å². The number of cyclic esters (lactones) is 1. The second-order valence-electron chi connectivity index (χ2n) is 10.5. The monoisotopic (exact) mass is 495 g/mol. The maximum absolute atomic E-state index is 13.2. The van der Waals surface area contributed by atoms with Crippen molar-refractivity contribution >= 4 is 17.9 Å². The van der Waals surface area contributed by atoms with Crippen LogP contribution in [-0.4, -0.2) is 52.4 Å². The van der Waals surface area contributed by atoms with Crippen molar-refractivity contribution in [3.8, 4) is 0 Å². The van der Waals surface area contributed by atoms with Gasteiger partial charge in [0.25, 0.3) is 0 Å². The van der Waals surface area contributed by atoms with E-state index in [1.54, 1.807) is 31.3 Å². The predicted octanol–water partition coefficient (Wildman–Crippen LogP) is 3.71. The van der Waals surface area contributed by atoms with Crippen LogP contribution in [-0.2, 0) is 23.8 Å². The number of carbonyl (C=O) groups excluding carboxylic acids is 3. The van der Waals surface area contributed by atoms with Gasteiger partial charge in [-0.25, -0.2) is 9.59 Å². The number of hydrogen-bond donors (Lipinski definition) is 1. The zero-order chi connectivity index (χ0) is 26.3. The first kappa shape index (κ1) is 25.8. The van der Waals surface area contributed by atoms with Crippen LogP contribution in [0.15, 0.2) is 60.0 Å². The molecular weight excluding hydrogens is 462 g/mol. The molecule has 1 aromatic heterocycles. The number of aromatic nitrogens is 1. The van der Waals surface area contributed by atoms with Gasteiger partial charge < -0.3 is 19.3 Å². The number of pyridine rings is 1. The standard InChI is InChI=1S/C28H33NO7/c1-17-8-6-10-21-26(3,12-11-19-14-22(31)34-16-19)28(5,33)24(35-18(2)30)23(27(17,21)4)36-25(32)20-9-7-13-29-15-20/h7-9,11-15,21,23-24,33H,6,10,16H2,1-5H3/b12-11+/t21-,23+,24+,26-,27+,28+/m1/s1. The molecule has 1 aliphatic heterocycles. The molecule has 0 saturated heterocycles. The van der Waals surface area contributed by atoms with Crippen LogP contribution in [0.1, 0.15) is 57.8 Å². The quantitative estimate of drug-likeness (QED) is 0.374. The van der Waals surface area contributed by atoms with Gasteiger partial charge in [0.05, 0.1) is 5.56 Å². The first-order chi connectivity index (χ1) is 16.9. The van der Waals surface area contributed by atoms with E-state index in [1.807, 2.05) is 26.8 Å². The molecule has 4 rings (SSSR count). The summed E-state index contributed by atoms with van der Waals surface area (Å²) in [6.07, 6.45) is 9.58. The van der Waals surface area contributed by atoms with Crippen molar-refractivity contribution in [1.29, 1.82) is 0 Å². The Balaban J connectivity index is 1.84. The summed E-state index contributed by atoms with van der Waals surface area (Å²) < 4.78 is 16.9. The second kappa shape index (κ2) is 9.32. The van der Waals surface area contributed by atoms with E-state index in [0.29, 0.717) is 12.0 Å². The number of nitrogens with zero attached hydrogens (tertiary/aromatic N) is 1. The first-order valence-electron chi connectivity index (χ1n) is 12.2. The van der Waals surface area contributed by atoms with E-state index in [-0.39, 0.29) is 18.1 Å². The van der Waals surface area contributed by atoms with Crippen molar-refractivity contribution < 1.29 is 33.7 Å². The highest BCUT2D eigenvalue weighted by Crippen LogP contribution is 2.63. The molecule has 6 atom stereocenters. The number of esters is 3. The van der Waals surface area contributed by atoms with Gasteiger partial charge in [0.15, 0.2) is 12.2 Å². The first-order valence-corrected chi connectivity index (χ1v) is 12.2. The lowest BCUT2D eigenvalue weighted by molar-refractivity contribution is -0.259. The fourth-order valence-corrected chi connectivity index (χ4v) is 6.13. The molecule has 2 heterocycles. The summed E-state index contributed by atoms with van der Waals surface area (Å²) in [5.41, 5.74) is -1.34. The Kier molecular flexibility index (Phi) is 6.68. The van der Waals surface area contributed by atoms with E-state index >= 15 is 0 Å².